The van der Waals surface area contributed by atoms with Gasteiger partial charge in [-0.05, 0) is 50.2 Å². The van der Waals surface area contributed by atoms with E-state index in [1.165, 1.54) is 18.5 Å². The van der Waals surface area contributed by atoms with Crippen LogP contribution in [0.15, 0.2) is 49.1 Å². The highest BCUT2D eigenvalue weighted by molar-refractivity contribution is 5.99. The lowest BCUT2D eigenvalue weighted by molar-refractivity contribution is -0.115. The quantitative estimate of drug-likeness (QED) is 0.567. The summed E-state index contributed by atoms with van der Waals surface area (Å²) in [5, 5.41) is 9.22. The van der Waals surface area contributed by atoms with Gasteiger partial charge < -0.3 is 15.4 Å². The number of carbonyl (C=O) groups is 3. The minimum atomic E-state index is -0.523. The third-order valence-electron chi connectivity index (χ3n) is 4.06. The molecule has 0 aliphatic rings. The lowest BCUT2D eigenvalue weighted by Gasteiger charge is -2.09. The molecule has 0 spiro atoms. The first kappa shape index (κ1) is 20.6. The Labute approximate surface area is 172 Å². The van der Waals surface area contributed by atoms with Gasteiger partial charge in [0.25, 0.3) is 5.91 Å². The van der Waals surface area contributed by atoms with Crippen LogP contribution in [0.2, 0.25) is 0 Å². The van der Waals surface area contributed by atoms with Crippen LogP contribution in [0.4, 0.5) is 5.69 Å². The summed E-state index contributed by atoms with van der Waals surface area (Å²) in [6.07, 6.45) is 3.00. The maximum Gasteiger partial charge on any atom is 0.339 e. The van der Waals surface area contributed by atoms with Gasteiger partial charge in [0.05, 0.1) is 30.1 Å². The zero-order valence-electron chi connectivity index (χ0n) is 16.5. The molecule has 2 aromatic heterocycles. The zero-order chi connectivity index (χ0) is 21.5. The molecule has 10 heteroatoms. The summed E-state index contributed by atoms with van der Waals surface area (Å²) in [4.78, 5) is 44.2. The summed E-state index contributed by atoms with van der Waals surface area (Å²) >= 11 is 0. The van der Waals surface area contributed by atoms with Crippen molar-refractivity contribution in [2.24, 2.45) is 0 Å². The number of pyridine rings is 1. The highest BCUT2D eigenvalue weighted by Gasteiger charge is 2.15. The Bertz CT molecular complexity index is 1050. The van der Waals surface area contributed by atoms with Crippen molar-refractivity contribution in [2.45, 2.75) is 13.8 Å². The molecule has 0 bridgehead atoms. The first-order chi connectivity index (χ1) is 14.5. The fourth-order valence-corrected chi connectivity index (χ4v) is 2.61. The van der Waals surface area contributed by atoms with Crippen molar-refractivity contribution in [3.8, 4) is 5.69 Å². The predicted octanol–water partition coefficient (Wildman–Crippen LogP) is 1.52. The molecule has 0 aliphatic heterocycles. The second kappa shape index (κ2) is 9.41. The van der Waals surface area contributed by atoms with Crippen molar-refractivity contribution >= 4 is 23.5 Å². The van der Waals surface area contributed by atoms with E-state index < -0.39 is 17.8 Å². The average molecular weight is 408 g/mol. The number of nitrogens with zero attached hydrogens (tertiary/aromatic N) is 4. The summed E-state index contributed by atoms with van der Waals surface area (Å²) in [6, 6.07) is 9.88. The number of aromatic nitrogens is 4. The van der Waals surface area contributed by atoms with E-state index in [9.17, 15) is 14.4 Å². The highest BCUT2D eigenvalue weighted by Crippen LogP contribution is 2.12. The van der Waals surface area contributed by atoms with E-state index in [-0.39, 0.29) is 18.8 Å². The van der Waals surface area contributed by atoms with Crippen molar-refractivity contribution in [1.29, 1.82) is 0 Å². The number of esters is 1. The molecule has 0 unspecified atom stereocenters. The molecule has 3 aromatic rings. The molecule has 0 atom stereocenters. The van der Waals surface area contributed by atoms with E-state index in [0.29, 0.717) is 16.9 Å². The van der Waals surface area contributed by atoms with Crippen molar-refractivity contribution < 1.29 is 19.1 Å². The topological polar surface area (TPSA) is 128 Å². The third kappa shape index (κ3) is 5.04. The van der Waals surface area contributed by atoms with E-state index in [1.54, 1.807) is 49.1 Å². The Morgan fingerprint density at radius 1 is 1.10 bits per heavy atom. The predicted molar refractivity (Wildman–Crippen MR) is 107 cm³/mol. The smallest absolute Gasteiger partial charge is 0.339 e. The number of carbonyl (C=O) groups excluding carboxylic acids is 3. The van der Waals surface area contributed by atoms with Gasteiger partial charge in [0.15, 0.2) is 0 Å². The summed E-state index contributed by atoms with van der Waals surface area (Å²) in [5.41, 5.74) is 2.14. The molecule has 0 fully saturated rings. The van der Waals surface area contributed by atoms with Crippen LogP contribution in [-0.4, -0.2) is 50.7 Å². The summed E-state index contributed by atoms with van der Waals surface area (Å²) in [7, 11) is 0. The number of rotatable bonds is 7. The number of hydrogen-bond donors (Lipinski definition) is 2. The molecule has 2 N–H and O–H groups in total. The van der Waals surface area contributed by atoms with E-state index >= 15 is 0 Å². The zero-order valence-corrected chi connectivity index (χ0v) is 16.5. The Morgan fingerprint density at radius 3 is 2.50 bits per heavy atom. The van der Waals surface area contributed by atoms with Gasteiger partial charge in [-0.25, -0.2) is 19.4 Å². The van der Waals surface area contributed by atoms with Crippen LogP contribution in [-0.2, 0) is 9.53 Å². The van der Waals surface area contributed by atoms with Crippen molar-refractivity contribution in [3.63, 3.8) is 0 Å². The maximum atomic E-state index is 12.3. The minimum absolute atomic E-state index is 0.102. The third-order valence-corrected chi connectivity index (χ3v) is 4.06. The van der Waals surface area contributed by atoms with Gasteiger partial charge in [-0.3, -0.25) is 9.59 Å². The molecule has 10 nitrogen and oxygen atoms in total. The number of ether oxygens (including phenoxy) is 1. The molecular formula is C20H20N6O4. The van der Waals surface area contributed by atoms with Gasteiger partial charge in [-0.2, -0.15) is 5.10 Å². The molecule has 0 radical (unpaired) electrons. The van der Waals surface area contributed by atoms with Crippen molar-refractivity contribution in [3.05, 3.63) is 66.0 Å². The standard InChI is InChI=1S/C20H20N6O4/c1-3-30-20(29)16-8-9-17(24-13(16)2)19(28)22-10-18(27)25-14-4-6-15(7-5-14)26-12-21-11-23-26/h4-9,11-12H,3,10H2,1-2H3,(H,22,28)(H,25,27). The van der Waals surface area contributed by atoms with Gasteiger partial charge in [0.2, 0.25) is 5.91 Å². The van der Waals surface area contributed by atoms with E-state index in [0.717, 1.165) is 5.69 Å². The van der Waals surface area contributed by atoms with Crippen molar-refractivity contribution in [1.82, 2.24) is 25.1 Å². The molecule has 3 rings (SSSR count). The number of amides is 2. The van der Waals surface area contributed by atoms with Crippen LogP contribution in [0.3, 0.4) is 0 Å². The van der Waals surface area contributed by atoms with Crippen LogP contribution in [0.25, 0.3) is 5.69 Å². The van der Waals surface area contributed by atoms with Crippen LogP contribution in [0, 0.1) is 6.92 Å². The molecular weight excluding hydrogens is 388 g/mol. The van der Waals surface area contributed by atoms with Crippen LogP contribution in [0.5, 0.6) is 0 Å². The van der Waals surface area contributed by atoms with E-state index in [2.05, 4.69) is 25.7 Å². The molecule has 0 saturated carbocycles. The van der Waals surface area contributed by atoms with E-state index in [4.69, 9.17) is 4.74 Å². The number of hydrogen-bond acceptors (Lipinski definition) is 7. The normalized spacial score (nSPS) is 10.3. The molecule has 30 heavy (non-hydrogen) atoms. The first-order valence-electron chi connectivity index (χ1n) is 9.16. The number of benzene rings is 1. The van der Waals surface area contributed by atoms with Crippen LogP contribution in [0.1, 0.15) is 33.5 Å². The molecule has 0 saturated heterocycles. The molecule has 154 valence electrons. The van der Waals surface area contributed by atoms with Gasteiger partial charge in [0, 0.05) is 5.69 Å². The molecule has 0 aliphatic carbocycles. The highest BCUT2D eigenvalue weighted by atomic mass is 16.5. The Balaban J connectivity index is 1.53. The largest absolute Gasteiger partial charge is 0.462 e. The lowest BCUT2D eigenvalue weighted by atomic mass is 10.2. The molecule has 2 heterocycles. The maximum absolute atomic E-state index is 12.3. The second-order valence-electron chi connectivity index (χ2n) is 6.17. The van der Waals surface area contributed by atoms with Gasteiger partial charge in [-0.15, -0.1) is 0 Å². The minimum Gasteiger partial charge on any atom is -0.462 e. The van der Waals surface area contributed by atoms with Crippen LogP contribution < -0.4 is 10.6 Å². The molecule has 1 aromatic carbocycles. The van der Waals surface area contributed by atoms with Crippen molar-refractivity contribution in [2.75, 3.05) is 18.5 Å². The van der Waals surface area contributed by atoms with Gasteiger partial charge >= 0.3 is 5.97 Å². The number of aryl methyl sites for hydroxylation is 1. The molecule has 2 amide bonds. The van der Waals surface area contributed by atoms with Gasteiger partial charge in [0.1, 0.15) is 18.3 Å². The average Bonchev–Trinajstić information content (AvgIpc) is 3.27. The summed E-state index contributed by atoms with van der Waals surface area (Å²) < 4.78 is 6.52. The van der Waals surface area contributed by atoms with Gasteiger partial charge in [-0.1, -0.05) is 0 Å². The fraction of sp³-hybridized carbons (Fsp3) is 0.200. The Hall–Kier alpha value is -4.08. The lowest BCUT2D eigenvalue weighted by Crippen LogP contribution is -2.33. The number of anilines is 1. The van der Waals surface area contributed by atoms with E-state index in [1.807, 2.05) is 0 Å². The summed E-state index contributed by atoms with van der Waals surface area (Å²) in [6.45, 7) is 3.33. The first-order valence-corrected chi connectivity index (χ1v) is 9.16. The fourth-order valence-electron chi connectivity index (χ4n) is 2.61. The number of nitrogens with one attached hydrogen (secondary N) is 2. The Morgan fingerprint density at radius 2 is 1.87 bits per heavy atom. The van der Waals surface area contributed by atoms with Crippen LogP contribution >= 0.6 is 0 Å². The monoisotopic (exact) mass is 408 g/mol. The Kier molecular flexibility index (Phi) is 6.48. The summed E-state index contributed by atoms with van der Waals surface area (Å²) in [5.74, 6) is -1.41. The SMILES string of the molecule is CCOC(=O)c1ccc(C(=O)NCC(=O)Nc2ccc(-n3cncn3)cc2)nc1C. The second-order valence-corrected chi connectivity index (χ2v) is 6.17.